The van der Waals surface area contributed by atoms with Gasteiger partial charge in [-0.3, -0.25) is 4.90 Å². The van der Waals surface area contributed by atoms with Crippen LogP contribution in [0.15, 0.2) is 47.4 Å². The van der Waals surface area contributed by atoms with Crippen molar-refractivity contribution < 1.29 is 17.9 Å². The van der Waals surface area contributed by atoms with E-state index in [1.807, 2.05) is 18.2 Å². The zero-order valence-electron chi connectivity index (χ0n) is 13.2. The highest BCUT2D eigenvalue weighted by Crippen LogP contribution is 2.41. The van der Waals surface area contributed by atoms with Gasteiger partial charge in [-0.05, 0) is 36.4 Å². The van der Waals surface area contributed by atoms with Crippen LogP contribution in [0.5, 0.6) is 0 Å². The van der Waals surface area contributed by atoms with E-state index in [1.165, 1.54) is 25.3 Å². The van der Waals surface area contributed by atoms with Crippen molar-refractivity contribution in [3.8, 4) is 0 Å². The van der Waals surface area contributed by atoms with Crippen molar-refractivity contribution in [2.24, 2.45) is 0 Å². The number of sulfone groups is 1. The number of benzene rings is 2. The molecular formula is C17H16ClNO4S. The number of carbonyl (C=O) groups excluding carboxylic acids is 1. The highest BCUT2D eigenvalue weighted by molar-refractivity contribution is 7.91. The summed E-state index contributed by atoms with van der Waals surface area (Å²) in [7, 11) is -0.818. The Balaban J connectivity index is 2.14. The van der Waals surface area contributed by atoms with Gasteiger partial charge in [-0.25, -0.2) is 13.2 Å². The average Bonchev–Trinajstić information content (AvgIpc) is 2.90. The molecule has 0 N–H and O–H groups in total. The predicted octanol–water partition coefficient (Wildman–Crippen LogP) is 3.04. The van der Waals surface area contributed by atoms with Gasteiger partial charge in [-0.1, -0.05) is 35.9 Å². The fourth-order valence-electron chi connectivity index (χ4n) is 3.00. The summed E-state index contributed by atoms with van der Waals surface area (Å²) in [5.74, 6) is -0.608. The molecule has 0 fully saturated rings. The second-order valence-corrected chi connectivity index (χ2v) is 8.03. The maximum atomic E-state index is 13.2. The Hall–Kier alpha value is -1.89. The Morgan fingerprint density at radius 3 is 2.67 bits per heavy atom. The number of rotatable bonds is 3. The zero-order valence-corrected chi connectivity index (χ0v) is 14.8. The summed E-state index contributed by atoms with van der Waals surface area (Å²) in [6, 6.07) is 11.5. The molecule has 1 atom stereocenters. The van der Waals surface area contributed by atoms with Crippen LogP contribution in [-0.2, 0) is 21.1 Å². The van der Waals surface area contributed by atoms with E-state index in [1.54, 1.807) is 18.0 Å². The van der Waals surface area contributed by atoms with Crippen LogP contribution in [0, 0.1) is 0 Å². The standard InChI is InChI=1S/C17H16ClNO4S/c1-19-10-12-5-3-4-6-13(12)16(19)24(21,22)15-9-11(17(20)23-2)7-8-14(15)18/h3-9,16H,10H2,1-2H3. The molecular weight excluding hydrogens is 350 g/mol. The van der Waals surface area contributed by atoms with Gasteiger partial charge in [-0.2, -0.15) is 0 Å². The summed E-state index contributed by atoms with van der Waals surface area (Å²) < 4.78 is 31.1. The second-order valence-electron chi connectivity index (χ2n) is 5.65. The van der Waals surface area contributed by atoms with E-state index in [0.717, 1.165) is 11.1 Å². The highest BCUT2D eigenvalue weighted by atomic mass is 35.5. The number of fused-ring (bicyclic) bond motifs is 1. The largest absolute Gasteiger partial charge is 0.465 e. The first-order valence-electron chi connectivity index (χ1n) is 7.26. The van der Waals surface area contributed by atoms with Crippen molar-refractivity contribution in [1.82, 2.24) is 4.90 Å². The van der Waals surface area contributed by atoms with E-state index in [0.29, 0.717) is 6.54 Å². The minimum Gasteiger partial charge on any atom is -0.465 e. The minimum atomic E-state index is -3.81. The Morgan fingerprint density at radius 2 is 1.96 bits per heavy atom. The molecule has 0 radical (unpaired) electrons. The molecule has 126 valence electrons. The van der Waals surface area contributed by atoms with Crippen molar-refractivity contribution in [2.75, 3.05) is 14.2 Å². The molecule has 0 spiro atoms. The van der Waals surface area contributed by atoms with Crippen LogP contribution in [0.2, 0.25) is 5.02 Å². The summed E-state index contributed by atoms with van der Waals surface area (Å²) >= 11 is 6.13. The number of carbonyl (C=O) groups is 1. The van der Waals surface area contributed by atoms with Crippen LogP contribution in [0.25, 0.3) is 0 Å². The second kappa shape index (κ2) is 6.20. The molecule has 0 saturated heterocycles. The molecule has 0 aliphatic carbocycles. The lowest BCUT2D eigenvalue weighted by Gasteiger charge is -2.21. The van der Waals surface area contributed by atoms with E-state index in [9.17, 15) is 13.2 Å². The van der Waals surface area contributed by atoms with Gasteiger partial charge in [0.25, 0.3) is 0 Å². The molecule has 2 aromatic carbocycles. The molecule has 3 rings (SSSR count). The van der Waals surface area contributed by atoms with Crippen LogP contribution in [0.4, 0.5) is 0 Å². The number of halogens is 1. The SMILES string of the molecule is COC(=O)c1ccc(Cl)c(S(=O)(=O)C2c3ccccc3CN2C)c1. The lowest BCUT2D eigenvalue weighted by atomic mass is 10.1. The van der Waals surface area contributed by atoms with E-state index < -0.39 is 21.2 Å². The van der Waals surface area contributed by atoms with E-state index in [2.05, 4.69) is 4.74 Å². The summed E-state index contributed by atoms with van der Waals surface area (Å²) in [5, 5.41) is -0.750. The first-order chi connectivity index (χ1) is 11.4. The summed E-state index contributed by atoms with van der Waals surface area (Å²) in [4.78, 5) is 13.4. The van der Waals surface area contributed by atoms with Crippen LogP contribution >= 0.6 is 11.6 Å². The Kier molecular flexibility index (Phi) is 4.38. The van der Waals surface area contributed by atoms with Gasteiger partial charge in [-0.15, -0.1) is 0 Å². The third-order valence-electron chi connectivity index (χ3n) is 4.09. The van der Waals surface area contributed by atoms with E-state index in [-0.39, 0.29) is 15.5 Å². The van der Waals surface area contributed by atoms with Crippen molar-refractivity contribution in [3.63, 3.8) is 0 Å². The molecule has 0 saturated carbocycles. The zero-order chi connectivity index (χ0) is 17.5. The van der Waals surface area contributed by atoms with Gasteiger partial charge in [0.2, 0.25) is 0 Å². The fraction of sp³-hybridized carbons (Fsp3) is 0.235. The molecule has 1 unspecified atom stereocenters. The van der Waals surface area contributed by atoms with Crippen LogP contribution in [0.3, 0.4) is 0 Å². The smallest absolute Gasteiger partial charge is 0.337 e. The van der Waals surface area contributed by atoms with Crippen molar-refractivity contribution in [2.45, 2.75) is 16.8 Å². The normalized spacial score (nSPS) is 17.5. The molecule has 1 aliphatic heterocycles. The molecule has 24 heavy (non-hydrogen) atoms. The van der Waals surface area contributed by atoms with Gasteiger partial charge in [0.1, 0.15) is 5.37 Å². The maximum Gasteiger partial charge on any atom is 0.337 e. The van der Waals surface area contributed by atoms with Gasteiger partial charge in [0, 0.05) is 6.54 Å². The summed E-state index contributed by atoms with van der Waals surface area (Å²) in [6.45, 7) is 0.536. The third kappa shape index (κ3) is 2.70. The van der Waals surface area contributed by atoms with Gasteiger partial charge in [0.15, 0.2) is 9.84 Å². The Morgan fingerprint density at radius 1 is 1.25 bits per heavy atom. The van der Waals surface area contributed by atoms with Crippen molar-refractivity contribution in [1.29, 1.82) is 0 Å². The highest BCUT2D eigenvalue weighted by Gasteiger charge is 2.39. The number of hydrogen-bond donors (Lipinski definition) is 0. The van der Waals surface area contributed by atoms with Gasteiger partial charge < -0.3 is 4.74 Å². The molecule has 0 amide bonds. The molecule has 2 aromatic rings. The number of hydrogen-bond acceptors (Lipinski definition) is 5. The topological polar surface area (TPSA) is 63.7 Å². The molecule has 1 heterocycles. The summed E-state index contributed by atoms with van der Waals surface area (Å²) in [5.41, 5.74) is 1.85. The predicted molar refractivity (Wildman–Crippen MR) is 90.6 cm³/mol. The molecule has 0 aromatic heterocycles. The first-order valence-corrected chi connectivity index (χ1v) is 9.18. The lowest BCUT2D eigenvalue weighted by Crippen LogP contribution is -2.25. The molecule has 7 heteroatoms. The van der Waals surface area contributed by atoms with Crippen LogP contribution in [0.1, 0.15) is 26.9 Å². The average molecular weight is 366 g/mol. The van der Waals surface area contributed by atoms with Crippen molar-refractivity contribution in [3.05, 3.63) is 64.2 Å². The number of nitrogens with zero attached hydrogens (tertiary/aromatic N) is 1. The fourth-order valence-corrected chi connectivity index (χ4v) is 5.42. The number of esters is 1. The molecule has 5 nitrogen and oxygen atoms in total. The van der Waals surface area contributed by atoms with Crippen LogP contribution in [-0.4, -0.2) is 33.4 Å². The van der Waals surface area contributed by atoms with Gasteiger partial charge >= 0.3 is 5.97 Å². The Labute approximate surface area is 145 Å². The maximum absolute atomic E-state index is 13.2. The monoisotopic (exact) mass is 365 g/mol. The molecule has 0 bridgehead atoms. The van der Waals surface area contributed by atoms with Gasteiger partial charge in [0.05, 0.1) is 22.6 Å². The quantitative estimate of drug-likeness (QED) is 0.782. The Bertz CT molecular complexity index is 911. The third-order valence-corrected chi connectivity index (χ3v) is 6.69. The number of methoxy groups -OCH3 is 1. The lowest BCUT2D eigenvalue weighted by molar-refractivity contribution is 0.0600. The van der Waals surface area contributed by atoms with Crippen molar-refractivity contribution >= 4 is 27.4 Å². The summed E-state index contributed by atoms with van der Waals surface area (Å²) in [6.07, 6.45) is 0. The van der Waals surface area contributed by atoms with E-state index >= 15 is 0 Å². The van der Waals surface area contributed by atoms with Crippen LogP contribution < -0.4 is 0 Å². The minimum absolute atomic E-state index is 0.0689. The number of ether oxygens (including phenoxy) is 1. The van der Waals surface area contributed by atoms with E-state index in [4.69, 9.17) is 11.6 Å². The first kappa shape index (κ1) is 17.0. The molecule has 1 aliphatic rings.